The van der Waals surface area contributed by atoms with Crippen molar-refractivity contribution in [3.63, 3.8) is 0 Å². The van der Waals surface area contributed by atoms with Crippen LogP contribution in [-0.4, -0.2) is 26.5 Å². The molecular formula is C14H15N5O2. The van der Waals surface area contributed by atoms with Crippen molar-refractivity contribution in [3.05, 3.63) is 30.6 Å². The molecule has 7 heteroatoms. The van der Waals surface area contributed by atoms with E-state index in [0.717, 1.165) is 6.42 Å². The van der Waals surface area contributed by atoms with Crippen molar-refractivity contribution in [2.45, 2.75) is 13.3 Å². The van der Waals surface area contributed by atoms with Crippen LogP contribution in [0.4, 0.5) is 5.95 Å². The predicted octanol–water partition coefficient (Wildman–Crippen LogP) is 2.52. The van der Waals surface area contributed by atoms with E-state index < -0.39 is 0 Å². The van der Waals surface area contributed by atoms with Gasteiger partial charge in [0, 0.05) is 0 Å². The molecule has 0 aliphatic carbocycles. The highest BCUT2D eigenvalue weighted by Gasteiger charge is 2.13. The van der Waals surface area contributed by atoms with E-state index in [2.05, 4.69) is 19.9 Å². The van der Waals surface area contributed by atoms with E-state index in [9.17, 15) is 0 Å². The number of ether oxygens (including phenoxy) is 2. The fraction of sp³-hybridized carbons (Fsp3) is 0.214. The summed E-state index contributed by atoms with van der Waals surface area (Å²) in [6.07, 6.45) is 2.44. The van der Waals surface area contributed by atoms with Crippen molar-refractivity contribution in [2.24, 2.45) is 0 Å². The molecule has 2 aromatic heterocycles. The molecule has 0 atom stereocenters. The number of nitrogens with one attached hydrogen (secondary N) is 1. The Morgan fingerprint density at radius 2 is 2.00 bits per heavy atom. The zero-order valence-corrected chi connectivity index (χ0v) is 11.5. The maximum atomic E-state index is 5.83. The van der Waals surface area contributed by atoms with Gasteiger partial charge in [-0.3, -0.25) is 0 Å². The van der Waals surface area contributed by atoms with Gasteiger partial charge in [-0.15, -0.1) is 0 Å². The molecule has 0 saturated heterocycles. The summed E-state index contributed by atoms with van der Waals surface area (Å²) in [5, 5.41) is 0. The second-order valence-electron chi connectivity index (χ2n) is 4.39. The molecule has 21 heavy (non-hydrogen) atoms. The van der Waals surface area contributed by atoms with Crippen LogP contribution in [0.1, 0.15) is 13.3 Å². The fourth-order valence-corrected chi connectivity index (χ4v) is 1.87. The molecule has 0 amide bonds. The van der Waals surface area contributed by atoms with Crippen molar-refractivity contribution < 1.29 is 9.47 Å². The van der Waals surface area contributed by atoms with Crippen molar-refractivity contribution in [2.75, 3.05) is 12.3 Å². The summed E-state index contributed by atoms with van der Waals surface area (Å²) < 4.78 is 11.5. The Morgan fingerprint density at radius 3 is 2.81 bits per heavy atom. The van der Waals surface area contributed by atoms with Crippen LogP contribution in [0.3, 0.4) is 0 Å². The summed E-state index contributed by atoms with van der Waals surface area (Å²) in [7, 11) is 0. The number of nitrogen functional groups attached to an aromatic ring is 1. The molecule has 1 aromatic carbocycles. The highest BCUT2D eigenvalue weighted by atomic mass is 16.5. The molecule has 0 unspecified atom stereocenters. The zero-order chi connectivity index (χ0) is 14.7. The number of H-pyrrole nitrogens is 1. The number of aromatic amines is 1. The zero-order valence-electron chi connectivity index (χ0n) is 11.5. The first-order valence-electron chi connectivity index (χ1n) is 6.64. The van der Waals surface area contributed by atoms with Crippen LogP contribution in [0, 0.1) is 0 Å². The van der Waals surface area contributed by atoms with E-state index in [-0.39, 0.29) is 5.95 Å². The van der Waals surface area contributed by atoms with Gasteiger partial charge in [0.25, 0.3) is 5.88 Å². The first kappa shape index (κ1) is 13.2. The molecule has 2 heterocycles. The Hall–Kier alpha value is -2.83. The maximum Gasteiger partial charge on any atom is 0.250 e. The number of aromatic nitrogens is 4. The van der Waals surface area contributed by atoms with Gasteiger partial charge in [0.05, 0.1) is 12.9 Å². The topological polar surface area (TPSA) is 98.9 Å². The molecular weight excluding hydrogens is 270 g/mol. The minimum atomic E-state index is 0.108. The molecule has 0 bridgehead atoms. The van der Waals surface area contributed by atoms with Crippen LogP contribution in [0.5, 0.6) is 17.4 Å². The summed E-state index contributed by atoms with van der Waals surface area (Å²) in [6.45, 7) is 2.66. The molecule has 3 aromatic rings. The third-order valence-electron chi connectivity index (χ3n) is 2.79. The quantitative estimate of drug-likeness (QED) is 0.747. The third kappa shape index (κ3) is 2.71. The molecule has 0 fully saturated rings. The number of fused-ring (bicyclic) bond motifs is 1. The highest BCUT2D eigenvalue weighted by Crippen LogP contribution is 2.32. The minimum Gasteiger partial charge on any atom is -0.490 e. The lowest BCUT2D eigenvalue weighted by atomic mass is 10.3. The average molecular weight is 285 g/mol. The summed E-state index contributed by atoms with van der Waals surface area (Å²) in [6, 6.07) is 7.41. The van der Waals surface area contributed by atoms with Gasteiger partial charge in [-0.1, -0.05) is 19.1 Å². The predicted molar refractivity (Wildman–Crippen MR) is 78.4 cm³/mol. The lowest BCUT2D eigenvalue weighted by Crippen LogP contribution is -2.00. The van der Waals surface area contributed by atoms with Crippen LogP contribution in [0.15, 0.2) is 30.6 Å². The number of para-hydroxylation sites is 2. The standard InChI is InChI=1S/C14H15N5O2/c1-2-7-20-9-5-3-4-6-10(9)21-13-11-12(17-8-16-11)18-14(15)19-13/h3-6,8H,2,7H2,1H3,(H3,15,16,17,18,19). The number of benzene rings is 1. The van der Waals surface area contributed by atoms with Crippen molar-refractivity contribution in [3.8, 4) is 17.4 Å². The highest BCUT2D eigenvalue weighted by molar-refractivity contribution is 5.77. The van der Waals surface area contributed by atoms with E-state index in [1.807, 2.05) is 31.2 Å². The van der Waals surface area contributed by atoms with E-state index in [1.54, 1.807) is 0 Å². The summed E-state index contributed by atoms with van der Waals surface area (Å²) >= 11 is 0. The number of hydrogen-bond donors (Lipinski definition) is 2. The normalized spacial score (nSPS) is 10.7. The van der Waals surface area contributed by atoms with Gasteiger partial charge in [-0.25, -0.2) is 4.98 Å². The summed E-state index contributed by atoms with van der Waals surface area (Å²) in [5.74, 6) is 1.66. The number of nitrogens with two attached hydrogens (primary N) is 1. The van der Waals surface area contributed by atoms with Crippen molar-refractivity contribution >= 4 is 17.1 Å². The molecule has 3 N–H and O–H groups in total. The van der Waals surface area contributed by atoms with E-state index in [4.69, 9.17) is 15.2 Å². The number of hydrogen-bond acceptors (Lipinski definition) is 6. The monoisotopic (exact) mass is 285 g/mol. The first-order chi connectivity index (χ1) is 10.3. The Morgan fingerprint density at radius 1 is 1.19 bits per heavy atom. The molecule has 3 rings (SSSR count). The van der Waals surface area contributed by atoms with E-state index >= 15 is 0 Å². The third-order valence-corrected chi connectivity index (χ3v) is 2.79. The van der Waals surface area contributed by atoms with Gasteiger partial charge in [0.2, 0.25) is 5.95 Å². The van der Waals surface area contributed by atoms with E-state index in [0.29, 0.717) is 35.1 Å². The fourth-order valence-electron chi connectivity index (χ4n) is 1.87. The van der Waals surface area contributed by atoms with Crippen LogP contribution in [0.2, 0.25) is 0 Å². The molecule has 7 nitrogen and oxygen atoms in total. The molecule has 0 spiro atoms. The SMILES string of the molecule is CCCOc1ccccc1Oc1nc(N)nc2nc[nH]c12. The lowest BCUT2D eigenvalue weighted by Gasteiger charge is -2.11. The summed E-state index contributed by atoms with van der Waals surface area (Å²) in [4.78, 5) is 15.1. The average Bonchev–Trinajstić information content (AvgIpc) is 2.94. The molecule has 0 aliphatic heterocycles. The Kier molecular flexibility index (Phi) is 3.55. The molecule has 0 saturated carbocycles. The van der Waals surface area contributed by atoms with Gasteiger partial charge in [-0.05, 0) is 18.6 Å². The Labute approximate surface area is 121 Å². The van der Waals surface area contributed by atoms with Gasteiger partial charge in [0.1, 0.15) is 5.52 Å². The van der Waals surface area contributed by atoms with Gasteiger partial charge in [-0.2, -0.15) is 9.97 Å². The van der Waals surface area contributed by atoms with E-state index in [1.165, 1.54) is 6.33 Å². The molecule has 108 valence electrons. The number of nitrogens with zero attached hydrogens (tertiary/aromatic N) is 3. The number of rotatable bonds is 5. The number of anilines is 1. The second kappa shape index (κ2) is 5.66. The summed E-state index contributed by atoms with van der Waals surface area (Å²) in [5.41, 5.74) is 6.72. The lowest BCUT2D eigenvalue weighted by molar-refractivity contribution is 0.301. The van der Waals surface area contributed by atoms with Crippen molar-refractivity contribution in [1.82, 2.24) is 19.9 Å². The first-order valence-corrected chi connectivity index (χ1v) is 6.64. The Balaban J connectivity index is 1.97. The van der Waals surface area contributed by atoms with Crippen molar-refractivity contribution in [1.29, 1.82) is 0 Å². The van der Waals surface area contributed by atoms with Gasteiger partial charge in [0.15, 0.2) is 17.1 Å². The molecule has 0 aliphatic rings. The van der Waals surface area contributed by atoms with Crippen LogP contribution < -0.4 is 15.2 Å². The molecule has 0 radical (unpaired) electrons. The van der Waals surface area contributed by atoms with Gasteiger partial charge < -0.3 is 20.2 Å². The van der Waals surface area contributed by atoms with Crippen LogP contribution >= 0.6 is 0 Å². The van der Waals surface area contributed by atoms with Gasteiger partial charge >= 0.3 is 0 Å². The van der Waals surface area contributed by atoms with Crippen LogP contribution in [-0.2, 0) is 0 Å². The van der Waals surface area contributed by atoms with Crippen LogP contribution in [0.25, 0.3) is 11.2 Å². The number of imidazole rings is 1. The minimum absolute atomic E-state index is 0.108. The Bertz CT molecular complexity index is 756. The smallest absolute Gasteiger partial charge is 0.250 e. The largest absolute Gasteiger partial charge is 0.490 e. The maximum absolute atomic E-state index is 5.83. The second-order valence-corrected chi connectivity index (χ2v) is 4.39.